The van der Waals surface area contributed by atoms with E-state index in [4.69, 9.17) is 5.26 Å². The third kappa shape index (κ3) is 3.05. The number of pyridine rings is 1. The second-order valence-electron chi connectivity index (χ2n) is 8.92. The minimum atomic E-state index is -0.205. The average molecular weight is 414 g/mol. The fraction of sp³-hybridized carbons (Fsp3) is 0.348. The zero-order valence-electron chi connectivity index (χ0n) is 17.4. The number of hydrogen-bond acceptors (Lipinski definition) is 6. The van der Waals surface area contributed by atoms with Crippen molar-refractivity contribution in [2.45, 2.75) is 38.1 Å². The summed E-state index contributed by atoms with van der Waals surface area (Å²) in [6.45, 7) is 1.65. The van der Waals surface area contributed by atoms with Crippen molar-refractivity contribution in [1.29, 1.82) is 5.26 Å². The van der Waals surface area contributed by atoms with E-state index in [1.165, 1.54) is 6.20 Å². The van der Waals surface area contributed by atoms with Gasteiger partial charge in [-0.2, -0.15) is 10.4 Å². The molecule has 0 atom stereocenters. The number of amides is 1. The molecular formula is C23H22N6O2. The van der Waals surface area contributed by atoms with Gasteiger partial charge in [0.2, 0.25) is 0 Å². The Balaban J connectivity index is 1.48. The van der Waals surface area contributed by atoms with Gasteiger partial charge < -0.3 is 15.4 Å². The van der Waals surface area contributed by atoms with Crippen LogP contribution in [0.2, 0.25) is 0 Å². The third-order valence-electron chi connectivity index (χ3n) is 6.43. The van der Waals surface area contributed by atoms with E-state index in [-0.39, 0.29) is 22.6 Å². The first kappa shape index (κ1) is 19.2. The predicted octanol–water partition coefficient (Wildman–Crippen LogP) is 2.94. The van der Waals surface area contributed by atoms with Crippen molar-refractivity contribution >= 4 is 22.9 Å². The van der Waals surface area contributed by atoms with E-state index in [0.717, 1.165) is 36.2 Å². The second-order valence-corrected chi connectivity index (χ2v) is 8.92. The zero-order valence-corrected chi connectivity index (χ0v) is 17.4. The van der Waals surface area contributed by atoms with Gasteiger partial charge >= 0.3 is 0 Å². The molecule has 0 unspecified atom stereocenters. The number of ketones is 1. The molecular weight excluding hydrogens is 392 g/mol. The molecule has 2 N–H and O–H groups in total. The first-order valence-electron chi connectivity index (χ1n) is 10.2. The SMILES string of the molecule is CNC(=O)c1cnc(-c2ccc3cc(C#N)cnn23)cc1NC12CC(CC(C)=O)(C1)C2. The second kappa shape index (κ2) is 6.64. The molecule has 0 aromatic carbocycles. The number of fused-ring (bicyclic) bond motifs is 1. The highest BCUT2D eigenvalue weighted by atomic mass is 16.1. The number of hydrogen-bond donors (Lipinski definition) is 2. The van der Waals surface area contributed by atoms with Crippen molar-refractivity contribution < 1.29 is 9.59 Å². The summed E-state index contributed by atoms with van der Waals surface area (Å²) in [5.74, 6) is 0.0288. The largest absolute Gasteiger partial charge is 0.379 e. The highest BCUT2D eigenvalue weighted by molar-refractivity contribution is 6.00. The van der Waals surface area contributed by atoms with Gasteiger partial charge in [0.25, 0.3) is 5.91 Å². The van der Waals surface area contributed by atoms with Gasteiger partial charge in [-0.15, -0.1) is 0 Å². The molecule has 0 aliphatic heterocycles. The summed E-state index contributed by atoms with van der Waals surface area (Å²) < 4.78 is 1.73. The maximum Gasteiger partial charge on any atom is 0.254 e. The molecule has 6 rings (SSSR count). The van der Waals surface area contributed by atoms with Crippen LogP contribution >= 0.6 is 0 Å². The fourth-order valence-electron chi connectivity index (χ4n) is 5.40. The first-order chi connectivity index (χ1) is 14.9. The summed E-state index contributed by atoms with van der Waals surface area (Å²) >= 11 is 0. The smallest absolute Gasteiger partial charge is 0.254 e. The summed E-state index contributed by atoms with van der Waals surface area (Å²) in [5.41, 5.74) is 4.03. The Morgan fingerprint density at radius 1 is 1.23 bits per heavy atom. The van der Waals surface area contributed by atoms with Crippen LogP contribution in [-0.4, -0.2) is 38.9 Å². The molecule has 3 aliphatic rings. The van der Waals surface area contributed by atoms with Gasteiger partial charge in [-0.3, -0.25) is 9.78 Å². The summed E-state index contributed by atoms with van der Waals surface area (Å²) in [6, 6.07) is 9.53. The fourth-order valence-corrected chi connectivity index (χ4v) is 5.40. The van der Waals surface area contributed by atoms with Crippen molar-refractivity contribution in [3.8, 4) is 17.5 Å². The van der Waals surface area contributed by atoms with Crippen LogP contribution in [0.25, 0.3) is 16.9 Å². The van der Waals surface area contributed by atoms with Gasteiger partial charge in [0, 0.05) is 25.2 Å². The Morgan fingerprint density at radius 2 is 2.00 bits per heavy atom. The summed E-state index contributed by atoms with van der Waals surface area (Å²) in [4.78, 5) is 28.5. The lowest BCUT2D eigenvalue weighted by molar-refractivity contribution is -0.144. The molecule has 8 nitrogen and oxygen atoms in total. The van der Waals surface area contributed by atoms with Gasteiger partial charge in [-0.1, -0.05) is 0 Å². The van der Waals surface area contributed by atoms with E-state index in [0.29, 0.717) is 23.2 Å². The van der Waals surface area contributed by atoms with Crippen LogP contribution in [0.15, 0.2) is 36.7 Å². The number of nitrogens with zero attached hydrogens (tertiary/aromatic N) is 4. The summed E-state index contributed by atoms with van der Waals surface area (Å²) in [7, 11) is 1.60. The van der Waals surface area contributed by atoms with Gasteiger partial charge in [0.1, 0.15) is 11.9 Å². The molecule has 3 aromatic heterocycles. The van der Waals surface area contributed by atoms with Gasteiger partial charge in [-0.25, -0.2) is 4.52 Å². The molecule has 3 aliphatic carbocycles. The van der Waals surface area contributed by atoms with Gasteiger partial charge in [0.05, 0.1) is 39.9 Å². The van der Waals surface area contributed by atoms with Gasteiger partial charge in [0.15, 0.2) is 0 Å². The first-order valence-corrected chi connectivity index (χ1v) is 10.2. The van der Waals surface area contributed by atoms with E-state index in [1.807, 2.05) is 18.2 Å². The third-order valence-corrected chi connectivity index (χ3v) is 6.43. The summed E-state index contributed by atoms with van der Waals surface area (Å²) in [5, 5.41) is 19.7. The number of carbonyl (C=O) groups excluding carboxylic acids is 2. The topological polar surface area (TPSA) is 112 Å². The molecule has 0 spiro atoms. The Hall–Kier alpha value is -3.73. The van der Waals surface area contributed by atoms with Crippen molar-refractivity contribution in [3.63, 3.8) is 0 Å². The van der Waals surface area contributed by atoms with E-state index in [9.17, 15) is 9.59 Å². The molecule has 3 saturated carbocycles. The molecule has 156 valence electrons. The molecule has 1 amide bonds. The molecule has 0 saturated heterocycles. The van der Waals surface area contributed by atoms with Crippen LogP contribution in [0.5, 0.6) is 0 Å². The number of aromatic nitrogens is 3. The van der Waals surface area contributed by atoms with Crippen LogP contribution in [0.4, 0.5) is 5.69 Å². The Bertz CT molecular complexity index is 1270. The van der Waals surface area contributed by atoms with Gasteiger partial charge in [-0.05, 0) is 55.9 Å². The summed E-state index contributed by atoms with van der Waals surface area (Å²) in [6.07, 6.45) is 6.55. The number of carbonyl (C=O) groups is 2. The number of rotatable bonds is 6. The van der Waals surface area contributed by atoms with Crippen LogP contribution in [0.1, 0.15) is 48.5 Å². The highest BCUT2D eigenvalue weighted by Crippen LogP contribution is 2.70. The molecule has 3 fully saturated rings. The van der Waals surface area contributed by atoms with E-state index in [1.54, 1.807) is 30.8 Å². The highest BCUT2D eigenvalue weighted by Gasteiger charge is 2.67. The minimum absolute atomic E-state index is 0.0575. The normalized spacial score (nSPS) is 23.4. The maximum absolute atomic E-state index is 12.4. The Morgan fingerprint density at radius 3 is 2.68 bits per heavy atom. The van der Waals surface area contributed by atoms with E-state index < -0.39 is 0 Å². The van der Waals surface area contributed by atoms with E-state index in [2.05, 4.69) is 26.8 Å². The maximum atomic E-state index is 12.4. The number of nitriles is 1. The number of Topliss-reactive ketones (excluding diaryl/α,β-unsaturated/α-hetero) is 1. The van der Waals surface area contributed by atoms with Crippen LogP contribution in [-0.2, 0) is 4.79 Å². The van der Waals surface area contributed by atoms with Crippen molar-refractivity contribution in [1.82, 2.24) is 19.9 Å². The monoisotopic (exact) mass is 414 g/mol. The lowest BCUT2D eigenvalue weighted by Crippen LogP contribution is -2.71. The quantitative estimate of drug-likeness (QED) is 0.641. The molecule has 3 aromatic rings. The number of nitrogens with one attached hydrogen (secondary N) is 2. The van der Waals surface area contributed by atoms with Crippen LogP contribution < -0.4 is 10.6 Å². The Kier molecular flexibility index (Phi) is 4.12. The predicted molar refractivity (Wildman–Crippen MR) is 114 cm³/mol. The van der Waals surface area contributed by atoms with Crippen molar-refractivity contribution in [2.24, 2.45) is 5.41 Å². The van der Waals surface area contributed by atoms with Crippen molar-refractivity contribution in [2.75, 3.05) is 12.4 Å². The standard InChI is InChI=1S/C23H22N6O2/c1-14(30)7-22-11-23(12-22,13-22)28-18-6-19(26-10-17(18)21(31)25-2)20-4-3-16-5-15(8-24)9-27-29(16)20/h3-6,9-10H,7,11-13H2,1-2H3,(H,25,31)(H,26,28). The minimum Gasteiger partial charge on any atom is -0.379 e. The van der Waals surface area contributed by atoms with Crippen molar-refractivity contribution in [3.05, 3.63) is 47.8 Å². The zero-order chi connectivity index (χ0) is 21.8. The molecule has 2 bridgehead atoms. The molecule has 3 heterocycles. The lowest BCUT2D eigenvalue weighted by atomic mass is 9.38. The van der Waals surface area contributed by atoms with E-state index >= 15 is 0 Å². The Labute approximate surface area is 179 Å². The van der Waals surface area contributed by atoms with Crippen LogP contribution in [0.3, 0.4) is 0 Å². The molecule has 8 heteroatoms. The number of anilines is 1. The lowest BCUT2D eigenvalue weighted by Gasteiger charge is -2.71. The molecule has 31 heavy (non-hydrogen) atoms. The molecule has 0 radical (unpaired) electrons. The van der Waals surface area contributed by atoms with Crippen LogP contribution in [0, 0.1) is 16.7 Å². The average Bonchev–Trinajstić information content (AvgIpc) is 3.13.